The fraction of sp³-hybridized carbons (Fsp3) is 0.400. The minimum absolute atomic E-state index is 0.0801. The van der Waals surface area contributed by atoms with Gasteiger partial charge in [0.25, 0.3) is 0 Å². The van der Waals surface area contributed by atoms with Crippen LogP contribution in [0.15, 0.2) is 22.6 Å². The van der Waals surface area contributed by atoms with Crippen LogP contribution in [0.2, 0.25) is 5.02 Å². The first kappa shape index (κ1) is 12.5. The molecule has 0 saturated heterocycles. The van der Waals surface area contributed by atoms with E-state index in [1.165, 1.54) is 5.56 Å². The molecule has 0 N–H and O–H groups in total. The van der Waals surface area contributed by atoms with Crippen LogP contribution >= 0.6 is 11.6 Å². The van der Waals surface area contributed by atoms with E-state index in [-0.39, 0.29) is 11.9 Å². The second-order valence-electron chi connectivity index (χ2n) is 4.84. The molecule has 0 aliphatic heterocycles. The summed E-state index contributed by atoms with van der Waals surface area (Å²) in [6, 6.07) is 5.64. The van der Waals surface area contributed by atoms with Gasteiger partial charge in [0.1, 0.15) is 11.3 Å². The standard InChI is InChI=1S/C15H15ClO3/c1-2-18-15(17)9-3-5-11-12-8-10(16)4-6-13(12)19-14(11)7-9/h4,6,8-9H,2-3,5,7H2,1H3. The summed E-state index contributed by atoms with van der Waals surface area (Å²) >= 11 is 6.02. The minimum atomic E-state index is -0.119. The van der Waals surface area contributed by atoms with Crippen molar-refractivity contribution in [2.24, 2.45) is 5.92 Å². The molecule has 1 unspecified atom stereocenters. The van der Waals surface area contributed by atoms with Gasteiger partial charge in [0.05, 0.1) is 12.5 Å². The van der Waals surface area contributed by atoms with Crippen LogP contribution in [-0.2, 0) is 22.4 Å². The maximum absolute atomic E-state index is 11.8. The summed E-state index contributed by atoms with van der Waals surface area (Å²) in [6.45, 7) is 2.26. The van der Waals surface area contributed by atoms with Crippen molar-refractivity contribution >= 4 is 28.5 Å². The van der Waals surface area contributed by atoms with Gasteiger partial charge < -0.3 is 9.15 Å². The Morgan fingerprint density at radius 3 is 3.16 bits per heavy atom. The van der Waals surface area contributed by atoms with Crippen molar-refractivity contribution < 1.29 is 13.9 Å². The molecule has 1 aliphatic carbocycles. The van der Waals surface area contributed by atoms with Crippen molar-refractivity contribution in [2.75, 3.05) is 6.61 Å². The molecule has 2 aromatic rings. The fourth-order valence-electron chi connectivity index (χ4n) is 2.72. The first-order chi connectivity index (χ1) is 9.19. The molecule has 19 heavy (non-hydrogen) atoms. The lowest BCUT2D eigenvalue weighted by Gasteiger charge is -2.19. The van der Waals surface area contributed by atoms with Crippen molar-refractivity contribution in [3.63, 3.8) is 0 Å². The lowest BCUT2D eigenvalue weighted by Crippen LogP contribution is -2.24. The predicted octanol–water partition coefficient (Wildman–Crippen LogP) is 3.75. The number of esters is 1. The van der Waals surface area contributed by atoms with Gasteiger partial charge in [-0.15, -0.1) is 0 Å². The van der Waals surface area contributed by atoms with Crippen molar-refractivity contribution in [1.82, 2.24) is 0 Å². The molecule has 0 spiro atoms. The molecule has 0 fully saturated rings. The van der Waals surface area contributed by atoms with Gasteiger partial charge in [-0.2, -0.15) is 0 Å². The van der Waals surface area contributed by atoms with Gasteiger partial charge in [-0.25, -0.2) is 0 Å². The third-order valence-electron chi connectivity index (χ3n) is 3.63. The molecule has 0 bridgehead atoms. The van der Waals surface area contributed by atoms with Gasteiger partial charge in [-0.05, 0) is 38.0 Å². The highest BCUT2D eigenvalue weighted by molar-refractivity contribution is 6.31. The number of furan rings is 1. The van der Waals surface area contributed by atoms with Gasteiger partial charge in [0, 0.05) is 22.4 Å². The van der Waals surface area contributed by atoms with Gasteiger partial charge in [0.2, 0.25) is 0 Å². The zero-order chi connectivity index (χ0) is 13.4. The summed E-state index contributed by atoms with van der Waals surface area (Å²) in [6.07, 6.45) is 2.28. The summed E-state index contributed by atoms with van der Waals surface area (Å²) in [5.41, 5.74) is 2.04. The smallest absolute Gasteiger partial charge is 0.309 e. The molecular formula is C15H15ClO3. The van der Waals surface area contributed by atoms with E-state index in [1.807, 2.05) is 25.1 Å². The Morgan fingerprint density at radius 2 is 2.37 bits per heavy atom. The maximum atomic E-state index is 11.8. The lowest BCUT2D eigenvalue weighted by atomic mass is 9.87. The first-order valence-corrected chi connectivity index (χ1v) is 6.93. The molecule has 3 nitrogen and oxygen atoms in total. The zero-order valence-corrected chi connectivity index (χ0v) is 11.5. The van der Waals surface area contributed by atoms with Crippen LogP contribution in [0.4, 0.5) is 0 Å². The molecule has 3 rings (SSSR count). The van der Waals surface area contributed by atoms with E-state index in [4.69, 9.17) is 20.8 Å². The van der Waals surface area contributed by atoms with E-state index in [0.29, 0.717) is 18.1 Å². The molecule has 0 amide bonds. The number of benzene rings is 1. The minimum Gasteiger partial charge on any atom is -0.466 e. The SMILES string of the molecule is CCOC(=O)C1CCc2c(oc3ccc(Cl)cc23)C1. The Bertz CT molecular complexity index is 630. The molecule has 1 heterocycles. The fourth-order valence-corrected chi connectivity index (χ4v) is 2.89. The number of ether oxygens (including phenoxy) is 1. The Hall–Kier alpha value is -1.48. The molecule has 100 valence electrons. The summed E-state index contributed by atoms with van der Waals surface area (Å²) in [5, 5.41) is 1.79. The quantitative estimate of drug-likeness (QED) is 0.785. The van der Waals surface area contributed by atoms with Crippen LogP contribution in [-0.4, -0.2) is 12.6 Å². The van der Waals surface area contributed by atoms with Gasteiger partial charge in [0.15, 0.2) is 0 Å². The van der Waals surface area contributed by atoms with Crippen LogP contribution in [0.5, 0.6) is 0 Å². The van der Waals surface area contributed by atoms with E-state index < -0.39 is 0 Å². The number of carbonyl (C=O) groups is 1. The van der Waals surface area contributed by atoms with Crippen LogP contribution in [0.1, 0.15) is 24.7 Å². The number of aryl methyl sites for hydroxylation is 1. The predicted molar refractivity (Wildman–Crippen MR) is 73.4 cm³/mol. The van der Waals surface area contributed by atoms with Crippen molar-refractivity contribution in [3.8, 4) is 0 Å². The number of carbonyl (C=O) groups excluding carboxylic acids is 1. The monoisotopic (exact) mass is 278 g/mol. The van der Waals surface area contributed by atoms with Gasteiger partial charge >= 0.3 is 5.97 Å². The molecule has 1 aliphatic rings. The largest absolute Gasteiger partial charge is 0.466 e. The highest BCUT2D eigenvalue weighted by Gasteiger charge is 2.29. The van der Waals surface area contributed by atoms with E-state index in [0.717, 1.165) is 29.6 Å². The Labute approximate surface area is 116 Å². The number of hydrogen-bond acceptors (Lipinski definition) is 3. The second-order valence-corrected chi connectivity index (χ2v) is 5.27. The topological polar surface area (TPSA) is 39.4 Å². The third-order valence-corrected chi connectivity index (χ3v) is 3.87. The van der Waals surface area contributed by atoms with E-state index in [9.17, 15) is 4.79 Å². The average molecular weight is 279 g/mol. The second kappa shape index (κ2) is 4.89. The highest BCUT2D eigenvalue weighted by Crippen LogP contribution is 2.35. The maximum Gasteiger partial charge on any atom is 0.309 e. The third kappa shape index (κ3) is 2.23. The summed E-state index contributed by atoms with van der Waals surface area (Å²) < 4.78 is 10.9. The molecule has 1 aromatic heterocycles. The van der Waals surface area contributed by atoms with Gasteiger partial charge in [-0.3, -0.25) is 4.79 Å². The molecular weight excluding hydrogens is 264 g/mol. The van der Waals surface area contributed by atoms with Gasteiger partial charge in [-0.1, -0.05) is 11.6 Å². The van der Waals surface area contributed by atoms with E-state index in [2.05, 4.69) is 0 Å². The Kier molecular flexibility index (Phi) is 3.23. The lowest BCUT2D eigenvalue weighted by molar-refractivity contribution is -0.148. The Morgan fingerprint density at radius 1 is 1.53 bits per heavy atom. The summed E-state index contributed by atoms with van der Waals surface area (Å²) in [5.74, 6) is 0.705. The number of rotatable bonds is 2. The summed E-state index contributed by atoms with van der Waals surface area (Å²) in [7, 11) is 0. The van der Waals surface area contributed by atoms with E-state index in [1.54, 1.807) is 0 Å². The van der Waals surface area contributed by atoms with E-state index >= 15 is 0 Å². The normalized spacial score (nSPS) is 18.3. The molecule has 1 aromatic carbocycles. The molecule has 0 saturated carbocycles. The van der Waals surface area contributed by atoms with Crippen molar-refractivity contribution in [2.45, 2.75) is 26.2 Å². The highest BCUT2D eigenvalue weighted by atomic mass is 35.5. The van der Waals surface area contributed by atoms with Crippen LogP contribution < -0.4 is 0 Å². The molecule has 1 atom stereocenters. The van der Waals surface area contributed by atoms with Crippen molar-refractivity contribution in [3.05, 3.63) is 34.5 Å². The summed E-state index contributed by atoms with van der Waals surface area (Å²) in [4.78, 5) is 11.8. The molecule has 4 heteroatoms. The number of hydrogen-bond donors (Lipinski definition) is 0. The first-order valence-electron chi connectivity index (χ1n) is 6.55. The Balaban J connectivity index is 1.93. The van der Waals surface area contributed by atoms with Crippen LogP contribution in [0, 0.1) is 5.92 Å². The number of halogens is 1. The van der Waals surface area contributed by atoms with Crippen LogP contribution in [0.25, 0.3) is 11.0 Å². The zero-order valence-electron chi connectivity index (χ0n) is 10.7. The van der Waals surface area contributed by atoms with Crippen LogP contribution in [0.3, 0.4) is 0 Å². The average Bonchev–Trinajstić information content (AvgIpc) is 2.76. The van der Waals surface area contributed by atoms with Crippen molar-refractivity contribution in [1.29, 1.82) is 0 Å². The number of fused-ring (bicyclic) bond motifs is 3. The molecule has 0 radical (unpaired) electrons.